The summed E-state index contributed by atoms with van der Waals surface area (Å²) in [7, 11) is 1.97. The van der Waals surface area contributed by atoms with Gasteiger partial charge in [0.1, 0.15) is 0 Å². The highest BCUT2D eigenvalue weighted by Crippen LogP contribution is 2.47. The molecule has 4 fully saturated rings. The van der Waals surface area contributed by atoms with E-state index in [1.807, 2.05) is 30.1 Å². The lowest BCUT2D eigenvalue weighted by atomic mass is 9.72. The minimum absolute atomic E-state index is 0.0763. The predicted octanol–water partition coefficient (Wildman–Crippen LogP) is 6.43. The smallest absolute Gasteiger partial charge is 0.320 e. The molecule has 2 saturated carbocycles. The molecule has 2 aliphatic heterocycles. The number of fused-ring (bicyclic) bond motifs is 3. The van der Waals surface area contributed by atoms with Gasteiger partial charge in [-0.15, -0.1) is 0 Å². The van der Waals surface area contributed by atoms with Gasteiger partial charge in [0, 0.05) is 31.6 Å². The fourth-order valence-corrected chi connectivity index (χ4v) is 6.99. The van der Waals surface area contributed by atoms with Gasteiger partial charge in [0.05, 0.1) is 11.8 Å². The number of piperidine rings is 2. The molecule has 2 aliphatic carbocycles. The number of aromatic nitrogens is 2. The molecule has 5 atom stereocenters. The zero-order valence-electron chi connectivity index (χ0n) is 22.3. The van der Waals surface area contributed by atoms with Crippen LogP contribution in [0.4, 0.5) is 4.79 Å². The van der Waals surface area contributed by atoms with E-state index in [1.165, 1.54) is 5.56 Å². The molecular formula is C33H34N4O2. The van der Waals surface area contributed by atoms with Gasteiger partial charge in [-0.3, -0.25) is 0 Å². The van der Waals surface area contributed by atoms with Gasteiger partial charge in [-0.05, 0) is 48.3 Å². The van der Waals surface area contributed by atoms with E-state index in [-0.39, 0.29) is 30.0 Å². The number of rotatable bonds is 6. The second-order valence-corrected chi connectivity index (χ2v) is 11.5. The van der Waals surface area contributed by atoms with Crippen molar-refractivity contribution in [3.63, 3.8) is 0 Å². The first-order valence-corrected chi connectivity index (χ1v) is 14.2. The SMILES string of the molecule is CN(C(=O)N1CC2CCC1C(c1nc(C(c3ccccc3)c3ccccc3)no1)C2)C1CC1c1ccccc1. The number of hydrogen-bond donors (Lipinski definition) is 0. The van der Waals surface area contributed by atoms with E-state index in [1.54, 1.807) is 0 Å². The van der Waals surface area contributed by atoms with Crippen molar-refractivity contribution in [2.24, 2.45) is 5.92 Å². The lowest BCUT2D eigenvalue weighted by Crippen LogP contribution is -2.57. The van der Waals surface area contributed by atoms with Crippen LogP contribution >= 0.6 is 0 Å². The van der Waals surface area contributed by atoms with Crippen molar-refractivity contribution in [1.29, 1.82) is 0 Å². The van der Waals surface area contributed by atoms with E-state index in [0.717, 1.165) is 43.4 Å². The molecule has 3 aromatic carbocycles. The Hall–Kier alpha value is -3.93. The maximum atomic E-state index is 13.8. The maximum Gasteiger partial charge on any atom is 0.320 e. The van der Waals surface area contributed by atoms with Crippen LogP contribution in [0.2, 0.25) is 0 Å². The minimum Gasteiger partial charge on any atom is -0.339 e. The molecule has 2 saturated heterocycles. The highest BCUT2D eigenvalue weighted by Gasteiger charge is 2.50. The van der Waals surface area contributed by atoms with Crippen molar-refractivity contribution in [3.8, 4) is 0 Å². The Balaban J connectivity index is 1.12. The molecule has 0 radical (unpaired) electrons. The summed E-state index contributed by atoms with van der Waals surface area (Å²) < 4.78 is 5.99. The van der Waals surface area contributed by atoms with Crippen LogP contribution in [0.15, 0.2) is 95.5 Å². The fraction of sp³-hybridized carbons (Fsp3) is 0.364. The van der Waals surface area contributed by atoms with Crippen molar-refractivity contribution < 1.29 is 9.32 Å². The normalized spacial score (nSPS) is 25.6. The molecular weight excluding hydrogens is 484 g/mol. The number of carbonyl (C=O) groups is 1. The van der Waals surface area contributed by atoms with Gasteiger partial charge in [0.25, 0.3) is 0 Å². The molecule has 198 valence electrons. The Labute approximate surface area is 229 Å². The van der Waals surface area contributed by atoms with Crippen LogP contribution in [0.1, 0.15) is 71.8 Å². The Morgan fingerprint density at radius 2 is 1.51 bits per heavy atom. The molecule has 6 nitrogen and oxygen atoms in total. The van der Waals surface area contributed by atoms with Gasteiger partial charge < -0.3 is 14.3 Å². The second kappa shape index (κ2) is 9.99. The van der Waals surface area contributed by atoms with E-state index >= 15 is 0 Å². The third kappa shape index (κ3) is 4.52. The molecule has 0 spiro atoms. The van der Waals surface area contributed by atoms with Crippen LogP contribution in [0, 0.1) is 5.92 Å². The van der Waals surface area contributed by atoms with E-state index in [0.29, 0.717) is 23.6 Å². The number of hydrogen-bond acceptors (Lipinski definition) is 4. The zero-order valence-corrected chi connectivity index (χ0v) is 22.3. The van der Waals surface area contributed by atoms with Gasteiger partial charge in [-0.2, -0.15) is 4.98 Å². The molecule has 1 aromatic heterocycles. The molecule has 6 heteroatoms. The van der Waals surface area contributed by atoms with E-state index in [9.17, 15) is 4.79 Å². The number of benzene rings is 3. The van der Waals surface area contributed by atoms with Gasteiger partial charge in [-0.25, -0.2) is 4.79 Å². The summed E-state index contributed by atoms with van der Waals surface area (Å²) in [6.45, 7) is 0.824. The summed E-state index contributed by atoms with van der Waals surface area (Å²) in [4.78, 5) is 22.9. The van der Waals surface area contributed by atoms with Crippen LogP contribution in [0.3, 0.4) is 0 Å². The molecule has 4 aromatic rings. The molecule has 5 unspecified atom stereocenters. The summed E-state index contributed by atoms with van der Waals surface area (Å²) in [5.41, 5.74) is 3.60. The van der Waals surface area contributed by atoms with Crippen molar-refractivity contribution >= 4 is 6.03 Å². The maximum absolute atomic E-state index is 13.8. The van der Waals surface area contributed by atoms with Gasteiger partial charge in [-0.1, -0.05) is 96.2 Å². The summed E-state index contributed by atoms with van der Waals surface area (Å²) in [6, 6.07) is 31.8. The van der Waals surface area contributed by atoms with E-state index in [4.69, 9.17) is 9.51 Å². The second-order valence-electron chi connectivity index (χ2n) is 11.5. The van der Waals surface area contributed by atoms with Crippen LogP contribution in [-0.4, -0.2) is 51.6 Å². The molecule has 0 N–H and O–H groups in total. The van der Waals surface area contributed by atoms with Crippen molar-refractivity contribution in [3.05, 3.63) is 119 Å². The Morgan fingerprint density at radius 1 is 0.872 bits per heavy atom. The summed E-state index contributed by atoms with van der Waals surface area (Å²) in [5.74, 6) is 2.24. The Kier molecular flexibility index (Phi) is 6.18. The quantitative estimate of drug-likeness (QED) is 0.295. The number of likely N-dealkylation sites (N-methyl/N-ethyl adjacent to an activating group) is 1. The molecule has 2 bridgehead atoms. The summed E-state index contributed by atoms with van der Waals surface area (Å²) >= 11 is 0. The molecule has 3 heterocycles. The molecule has 39 heavy (non-hydrogen) atoms. The van der Waals surface area contributed by atoms with Gasteiger partial charge >= 0.3 is 6.03 Å². The lowest BCUT2D eigenvalue weighted by Gasteiger charge is -2.49. The van der Waals surface area contributed by atoms with E-state index in [2.05, 4.69) is 82.9 Å². The third-order valence-corrected chi connectivity index (χ3v) is 9.11. The highest BCUT2D eigenvalue weighted by molar-refractivity contribution is 5.76. The molecule has 4 aliphatic rings. The number of urea groups is 1. The predicted molar refractivity (Wildman–Crippen MR) is 149 cm³/mol. The summed E-state index contributed by atoms with van der Waals surface area (Å²) in [5, 5.41) is 4.51. The molecule has 2 amide bonds. The third-order valence-electron chi connectivity index (χ3n) is 9.11. The van der Waals surface area contributed by atoms with Crippen LogP contribution in [0.5, 0.6) is 0 Å². The standard InChI is InChI=1S/C33H34N4O2/c1-36(29-20-26(29)23-11-5-2-6-12-23)33(38)37-21-22-17-18-28(37)27(19-22)32-34-31(35-39-32)30(24-13-7-3-8-14-24)25-15-9-4-10-16-25/h2-16,22,26-30H,17-21H2,1H3. The number of amides is 2. The van der Waals surface area contributed by atoms with Gasteiger partial charge in [0.15, 0.2) is 5.82 Å². The largest absolute Gasteiger partial charge is 0.339 e. The topological polar surface area (TPSA) is 62.5 Å². The highest BCUT2D eigenvalue weighted by atomic mass is 16.5. The first-order valence-electron chi connectivity index (χ1n) is 14.2. The Morgan fingerprint density at radius 3 is 2.15 bits per heavy atom. The van der Waals surface area contributed by atoms with Crippen molar-refractivity contribution in [2.75, 3.05) is 13.6 Å². The summed E-state index contributed by atoms with van der Waals surface area (Å²) in [6.07, 6.45) is 4.17. The van der Waals surface area contributed by atoms with Crippen LogP contribution in [0.25, 0.3) is 0 Å². The zero-order chi connectivity index (χ0) is 26.3. The van der Waals surface area contributed by atoms with Crippen LogP contribution in [-0.2, 0) is 0 Å². The average molecular weight is 519 g/mol. The van der Waals surface area contributed by atoms with Crippen molar-refractivity contribution in [1.82, 2.24) is 19.9 Å². The molecule has 8 rings (SSSR count). The average Bonchev–Trinajstić information content (AvgIpc) is 3.67. The van der Waals surface area contributed by atoms with Crippen molar-refractivity contribution in [2.45, 2.75) is 55.5 Å². The van der Waals surface area contributed by atoms with Crippen LogP contribution < -0.4 is 0 Å². The number of carbonyl (C=O) groups excluding carboxylic acids is 1. The lowest BCUT2D eigenvalue weighted by molar-refractivity contribution is 0.0336. The first-order chi connectivity index (χ1) is 19.2. The van der Waals surface area contributed by atoms with Gasteiger partial charge in [0.2, 0.25) is 5.89 Å². The Bertz CT molecular complexity index is 1380. The fourth-order valence-electron chi connectivity index (χ4n) is 6.99. The first kappa shape index (κ1) is 24.1. The van der Waals surface area contributed by atoms with E-state index < -0.39 is 0 Å². The minimum atomic E-state index is -0.0978. The monoisotopic (exact) mass is 518 g/mol. The number of nitrogens with zero attached hydrogens (tertiary/aromatic N) is 4.